The van der Waals surface area contributed by atoms with Gasteiger partial charge in [0.15, 0.2) is 11.5 Å². The van der Waals surface area contributed by atoms with Crippen LogP contribution in [0.4, 0.5) is 11.4 Å². The van der Waals surface area contributed by atoms with Crippen LogP contribution in [0.15, 0.2) is 47.5 Å². The Labute approximate surface area is 159 Å². The van der Waals surface area contributed by atoms with E-state index in [2.05, 4.69) is 21.7 Å². The third kappa shape index (κ3) is 3.43. The third-order valence-electron chi connectivity index (χ3n) is 4.91. The Kier molecular flexibility index (Phi) is 4.85. The average molecular weight is 371 g/mol. The summed E-state index contributed by atoms with van der Waals surface area (Å²) in [5, 5.41) is 0.684. The molecule has 0 aliphatic carbocycles. The number of nitrogens with zero attached hydrogens (tertiary/aromatic N) is 4. The molecule has 1 saturated heterocycles. The van der Waals surface area contributed by atoms with Crippen molar-refractivity contribution < 1.29 is 4.74 Å². The van der Waals surface area contributed by atoms with Crippen LogP contribution in [-0.4, -0.2) is 55.5 Å². The maximum absolute atomic E-state index is 6.25. The second-order valence-corrected chi connectivity index (χ2v) is 7.22. The number of halogens is 1. The molecule has 0 spiro atoms. The lowest BCUT2D eigenvalue weighted by atomic mass is 10.1. The van der Waals surface area contributed by atoms with Gasteiger partial charge >= 0.3 is 0 Å². The summed E-state index contributed by atoms with van der Waals surface area (Å²) in [5.74, 6) is 2.56. The number of ether oxygens (including phenoxy) is 1. The fourth-order valence-electron chi connectivity index (χ4n) is 3.34. The van der Waals surface area contributed by atoms with Gasteiger partial charge in [-0.15, -0.1) is 0 Å². The molecule has 0 bridgehead atoms. The largest absolute Gasteiger partial charge is 0.453 e. The highest BCUT2D eigenvalue weighted by atomic mass is 35.5. The van der Waals surface area contributed by atoms with Gasteiger partial charge in [0.1, 0.15) is 5.84 Å². The number of fused-ring (bicyclic) bond motifs is 2. The van der Waals surface area contributed by atoms with Crippen molar-refractivity contribution in [2.45, 2.75) is 6.92 Å². The van der Waals surface area contributed by atoms with Gasteiger partial charge in [0.2, 0.25) is 0 Å². The number of piperazine rings is 1. The molecule has 2 aliphatic rings. The van der Waals surface area contributed by atoms with E-state index in [0.29, 0.717) is 11.7 Å². The molecule has 2 aromatic carbocycles. The summed E-state index contributed by atoms with van der Waals surface area (Å²) >= 11 is 6.25. The molecule has 0 saturated carbocycles. The predicted molar refractivity (Wildman–Crippen MR) is 107 cm³/mol. The Balaban J connectivity index is 1.64. The van der Waals surface area contributed by atoms with Gasteiger partial charge in [-0.2, -0.15) is 0 Å². The Morgan fingerprint density at radius 1 is 1.04 bits per heavy atom. The molecule has 0 atom stereocenters. The summed E-state index contributed by atoms with van der Waals surface area (Å²) in [7, 11) is 2.16. The van der Waals surface area contributed by atoms with E-state index in [9.17, 15) is 0 Å². The molecule has 1 fully saturated rings. The monoisotopic (exact) mass is 370 g/mol. The molecular formula is C20H23ClN4O. The zero-order chi connectivity index (χ0) is 18.1. The van der Waals surface area contributed by atoms with Gasteiger partial charge in [-0.1, -0.05) is 23.7 Å². The number of anilines is 2. The number of para-hydroxylation sites is 2. The third-order valence-corrected chi connectivity index (χ3v) is 5.14. The first-order chi connectivity index (χ1) is 12.6. The van der Waals surface area contributed by atoms with E-state index < -0.39 is 0 Å². The average Bonchev–Trinajstić information content (AvgIpc) is 2.65. The number of benzene rings is 2. The molecule has 5 nitrogen and oxygen atoms in total. The topological polar surface area (TPSA) is 31.3 Å². The zero-order valence-electron chi connectivity index (χ0n) is 15.2. The molecule has 0 unspecified atom stereocenters. The van der Waals surface area contributed by atoms with Crippen molar-refractivity contribution in [1.29, 1.82) is 0 Å². The van der Waals surface area contributed by atoms with E-state index in [1.165, 1.54) is 0 Å². The molecule has 0 aromatic heterocycles. The van der Waals surface area contributed by atoms with E-state index in [0.717, 1.165) is 54.9 Å². The lowest BCUT2D eigenvalue weighted by Crippen LogP contribution is -2.44. The minimum absolute atomic E-state index is 0.684. The van der Waals surface area contributed by atoms with Crippen molar-refractivity contribution in [3.8, 4) is 11.5 Å². The maximum atomic E-state index is 6.25. The van der Waals surface area contributed by atoms with Crippen LogP contribution in [0.25, 0.3) is 0 Å². The van der Waals surface area contributed by atoms with Gasteiger partial charge in [-0.25, -0.2) is 0 Å². The lowest BCUT2D eigenvalue weighted by molar-refractivity contribution is 0.158. The number of amidine groups is 1. The van der Waals surface area contributed by atoms with Crippen molar-refractivity contribution >= 4 is 28.8 Å². The maximum Gasteiger partial charge on any atom is 0.151 e. The van der Waals surface area contributed by atoms with Crippen LogP contribution in [0.3, 0.4) is 0 Å². The van der Waals surface area contributed by atoms with Gasteiger partial charge in [-0.3, -0.25) is 14.8 Å². The van der Waals surface area contributed by atoms with Gasteiger partial charge in [0.25, 0.3) is 0 Å². The van der Waals surface area contributed by atoms with Crippen molar-refractivity contribution in [3.05, 3.63) is 47.5 Å². The minimum Gasteiger partial charge on any atom is -0.453 e. The van der Waals surface area contributed by atoms with Gasteiger partial charge < -0.3 is 9.64 Å². The van der Waals surface area contributed by atoms with Crippen LogP contribution in [0.2, 0.25) is 5.02 Å². The van der Waals surface area contributed by atoms with Crippen molar-refractivity contribution in [3.63, 3.8) is 0 Å². The predicted octanol–water partition coefficient (Wildman–Crippen LogP) is 4.21. The minimum atomic E-state index is 0.684. The molecule has 4 rings (SSSR count). The van der Waals surface area contributed by atoms with Gasteiger partial charge in [-0.05, 0) is 44.3 Å². The van der Waals surface area contributed by atoms with Crippen LogP contribution < -0.4 is 9.64 Å². The number of aliphatic imine (C=N–C) groups is 1. The van der Waals surface area contributed by atoms with E-state index in [1.54, 1.807) is 0 Å². The van der Waals surface area contributed by atoms with E-state index >= 15 is 0 Å². The highest BCUT2D eigenvalue weighted by Crippen LogP contribution is 2.47. The molecule has 2 heterocycles. The molecule has 2 aromatic rings. The second kappa shape index (κ2) is 7.27. The van der Waals surface area contributed by atoms with Gasteiger partial charge in [0, 0.05) is 31.2 Å². The second-order valence-electron chi connectivity index (χ2n) is 6.79. The molecule has 2 aliphatic heterocycles. The molecule has 26 heavy (non-hydrogen) atoms. The van der Waals surface area contributed by atoms with Crippen molar-refractivity contribution in [1.82, 2.24) is 9.80 Å². The highest BCUT2D eigenvalue weighted by Gasteiger charge is 2.26. The lowest BCUT2D eigenvalue weighted by Gasteiger charge is -2.34. The first-order valence-electron chi connectivity index (χ1n) is 8.90. The van der Waals surface area contributed by atoms with E-state index in [1.807, 2.05) is 49.4 Å². The summed E-state index contributed by atoms with van der Waals surface area (Å²) in [5.41, 5.74) is 1.91. The molecule has 0 radical (unpaired) electrons. The van der Waals surface area contributed by atoms with Crippen molar-refractivity contribution in [2.24, 2.45) is 4.99 Å². The highest BCUT2D eigenvalue weighted by molar-refractivity contribution is 6.31. The summed E-state index contributed by atoms with van der Waals surface area (Å²) in [4.78, 5) is 11.7. The molecule has 6 heteroatoms. The smallest absolute Gasteiger partial charge is 0.151 e. The standard InChI is InChI=1S/C20H23ClN4O/c1-15(22-14-24-11-9-23(2)10-12-24)25-17-5-3-4-6-19(17)26-20-8-7-16(21)13-18(20)25/h3-8,13H,9-12,14H2,1-2H3/b22-15+. The Morgan fingerprint density at radius 3 is 2.58 bits per heavy atom. The zero-order valence-corrected chi connectivity index (χ0v) is 15.9. The SMILES string of the molecule is C/C(=N\CN1CCN(C)CC1)N1c2ccccc2Oc2ccc(Cl)cc21. The number of likely N-dealkylation sites (N-methyl/N-ethyl adjacent to an activating group) is 1. The van der Waals surface area contributed by atoms with Crippen LogP contribution in [0.5, 0.6) is 11.5 Å². The molecule has 0 N–H and O–H groups in total. The first kappa shape index (κ1) is 17.3. The quantitative estimate of drug-likeness (QED) is 0.585. The summed E-state index contributed by atoms with van der Waals surface area (Å²) in [6.45, 7) is 7.03. The van der Waals surface area contributed by atoms with Crippen LogP contribution in [-0.2, 0) is 0 Å². The van der Waals surface area contributed by atoms with E-state index in [-0.39, 0.29) is 0 Å². The normalized spacial score (nSPS) is 18.3. The summed E-state index contributed by atoms with van der Waals surface area (Å²) in [6, 6.07) is 13.7. The summed E-state index contributed by atoms with van der Waals surface area (Å²) < 4.78 is 6.05. The number of hydrogen-bond donors (Lipinski definition) is 0. The van der Waals surface area contributed by atoms with Crippen LogP contribution in [0, 0.1) is 0 Å². The van der Waals surface area contributed by atoms with Crippen molar-refractivity contribution in [2.75, 3.05) is 44.8 Å². The molecule has 0 amide bonds. The fourth-order valence-corrected chi connectivity index (χ4v) is 3.51. The number of rotatable bonds is 2. The van der Waals surface area contributed by atoms with E-state index in [4.69, 9.17) is 21.3 Å². The Morgan fingerprint density at radius 2 is 1.77 bits per heavy atom. The first-order valence-corrected chi connectivity index (χ1v) is 9.28. The Hall–Kier alpha value is -2.08. The number of hydrogen-bond acceptors (Lipinski definition) is 4. The van der Waals surface area contributed by atoms with Crippen LogP contribution >= 0.6 is 11.6 Å². The van der Waals surface area contributed by atoms with Gasteiger partial charge in [0.05, 0.1) is 18.0 Å². The van der Waals surface area contributed by atoms with Crippen LogP contribution in [0.1, 0.15) is 6.92 Å². The Bertz CT molecular complexity index is 830. The molecular weight excluding hydrogens is 348 g/mol. The summed E-state index contributed by atoms with van der Waals surface area (Å²) in [6.07, 6.45) is 0. The molecule has 136 valence electrons. The fraction of sp³-hybridized carbons (Fsp3) is 0.350.